The number of nitrogens with zero attached hydrogens (tertiary/aromatic N) is 3. The van der Waals surface area contributed by atoms with Gasteiger partial charge >= 0.3 is 0 Å². The first-order chi connectivity index (χ1) is 13.2. The van der Waals surface area contributed by atoms with Gasteiger partial charge in [-0.05, 0) is 50.9 Å². The number of nitrogens with one attached hydrogen (secondary N) is 2. The van der Waals surface area contributed by atoms with Crippen molar-refractivity contribution < 1.29 is 4.74 Å². The van der Waals surface area contributed by atoms with E-state index < -0.39 is 0 Å². The van der Waals surface area contributed by atoms with Crippen LogP contribution < -0.4 is 15.5 Å². The zero-order valence-corrected chi connectivity index (χ0v) is 17.3. The van der Waals surface area contributed by atoms with Crippen molar-refractivity contribution in [1.29, 1.82) is 0 Å². The zero-order valence-electron chi connectivity index (χ0n) is 17.3. The second-order valence-electron chi connectivity index (χ2n) is 7.00. The molecule has 0 radical (unpaired) electrons. The Bertz CT molecular complexity index is 555. The minimum Gasteiger partial charge on any atom is -0.382 e. The molecule has 1 aromatic rings. The molecule has 1 aromatic carbocycles. The molecule has 0 unspecified atom stereocenters. The number of aryl methyl sites for hydroxylation is 1. The highest BCUT2D eigenvalue weighted by Gasteiger charge is 2.16. The summed E-state index contributed by atoms with van der Waals surface area (Å²) in [6, 6.07) is 8.82. The van der Waals surface area contributed by atoms with E-state index in [0.717, 1.165) is 77.8 Å². The van der Waals surface area contributed by atoms with Gasteiger partial charge in [-0.25, -0.2) is 0 Å². The number of hydrogen-bond acceptors (Lipinski definition) is 4. The van der Waals surface area contributed by atoms with Crippen molar-refractivity contribution in [3.05, 3.63) is 29.8 Å². The number of benzene rings is 1. The van der Waals surface area contributed by atoms with Crippen LogP contribution in [-0.2, 0) is 4.74 Å². The van der Waals surface area contributed by atoms with E-state index in [0.29, 0.717) is 0 Å². The van der Waals surface area contributed by atoms with E-state index in [9.17, 15) is 0 Å². The normalized spacial score (nSPS) is 15.8. The molecule has 152 valence electrons. The van der Waals surface area contributed by atoms with Crippen molar-refractivity contribution in [3.8, 4) is 0 Å². The van der Waals surface area contributed by atoms with E-state index in [4.69, 9.17) is 4.74 Å². The van der Waals surface area contributed by atoms with Crippen LogP contribution in [0.3, 0.4) is 0 Å². The van der Waals surface area contributed by atoms with Crippen molar-refractivity contribution in [2.24, 2.45) is 4.99 Å². The molecular formula is C21H37N5O. The van der Waals surface area contributed by atoms with Crippen molar-refractivity contribution in [2.75, 3.05) is 71.0 Å². The van der Waals surface area contributed by atoms with Gasteiger partial charge in [0.25, 0.3) is 0 Å². The molecule has 6 nitrogen and oxygen atoms in total. The lowest BCUT2D eigenvalue weighted by atomic mass is 10.2. The number of anilines is 1. The fourth-order valence-electron chi connectivity index (χ4n) is 3.31. The molecule has 0 aromatic heterocycles. The number of hydrogen-bond donors (Lipinski definition) is 2. The summed E-state index contributed by atoms with van der Waals surface area (Å²) in [7, 11) is 1.82. The third-order valence-electron chi connectivity index (χ3n) is 4.87. The third kappa shape index (κ3) is 8.18. The van der Waals surface area contributed by atoms with Crippen LogP contribution >= 0.6 is 0 Å². The molecule has 27 heavy (non-hydrogen) atoms. The number of guanidine groups is 1. The van der Waals surface area contributed by atoms with Gasteiger partial charge in [-0.2, -0.15) is 0 Å². The van der Waals surface area contributed by atoms with Gasteiger partial charge in [0.15, 0.2) is 5.96 Å². The second-order valence-corrected chi connectivity index (χ2v) is 7.00. The maximum absolute atomic E-state index is 5.35. The lowest BCUT2D eigenvalue weighted by molar-refractivity contribution is 0.145. The first kappa shape index (κ1) is 21.5. The van der Waals surface area contributed by atoms with E-state index in [1.807, 2.05) is 14.0 Å². The number of rotatable bonds is 10. The van der Waals surface area contributed by atoms with E-state index in [2.05, 4.69) is 56.6 Å². The molecule has 2 rings (SSSR count). The molecule has 2 N–H and O–H groups in total. The molecule has 0 saturated carbocycles. The van der Waals surface area contributed by atoms with Gasteiger partial charge < -0.3 is 20.3 Å². The van der Waals surface area contributed by atoms with Gasteiger partial charge in [-0.15, -0.1) is 0 Å². The predicted molar refractivity (Wildman–Crippen MR) is 115 cm³/mol. The summed E-state index contributed by atoms with van der Waals surface area (Å²) >= 11 is 0. The number of ether oxygens (including phenoxy) is 1. The van der Waals surface area contributed by atoms with Crippen molar-refractivity contribution in [3.63, 3.8) is 0 Å². The van der Waals surface area contributed by atoms with Crippen molar-refractivity contribution in [2.45, 2.75) is 26.7 Å². The Kier molecular flexibility index (Phi) is 10.0. The monoisotopic (exact) mass is 375 g/mol. The Morgan fingerprint density at radius 2 is 1.85 bits per heavy atom. The van der Waals surface area contributed by atoms with Crippen LogP contribution in [0.25, 0.3) is 0 Å². The number of piperazine rings is 1. The smallest absolute Gasteiger partial charge is 0.190 e. The van der Waals surface area contributed by atoms with E-state index >= 15 is 0 Å². The summed E-state index contributed by atoms with van der Waals surface area (Å²) in [5, 5.41) is 6.74. The summed E-state index contributed by atoms with van der Waals surface area (Å²) < 4.78 is 5.35. The summed E-state index contributed by atoms with van der Waals surface area (Å²) in [5.41, 5.74) is 2.69. The minimum atomic E-state index is 0.784. The van der Waals surface area contributed by atoms with Crippen LogP contribution in [0.4, 0.5) is 5.69 Å². The van der Waals surface area contributed by atoms with Crippen molar-refractivity contribution in [1.82, 2.24) is 15.5 Å². The Morgan fingerprint density at radius 1 is 1.11 bits per heavy atom. The molecule has 0 spiro atoms. The lowest BCUT2D eigenvalue weighted by Crippen LogP contribution is -2.47. The average Bonchev–Trinajstić information content (AvgIpc) is 2.70. The molecule has 6 heteroatoms. The molecule has 1 aliphatic heterocycles. The van der Waals surface area contributed by atoms with Crippen LogP contribution in [0, 0.1) is 6.92 Å². The molecular weight excluding hydrogens is 338 g/mol. The van der Waals surface area contributed by atoms with Gasteiger partial charge in [0, 0.05) is 65.2 Å². The second kappa shape index (κ2) is 12.6. The van der Waals surface area contributed by atoms with Crippen LogP contribution in [0.1, 0.15) is 25.3 Å². The first-order valence-corrected chi connectivity index (χ1v) is 10.3. The Labute approximate surface area is 165 Å². The van der Waals surface area contributed by atoms with Crippen LogP contribution in [0.5, 0.6) is 0 Å². The van der Waals surface area contributed by atoms with E-state index in [-0.39, 0.29) is 0 Å². The summed E-state index contributed by atoms with van der Waals surface area (Å²) in [5.74, 6) is 0.885. The summed E-state index contributed by atoms with van der Waals surface area (Å²) in [6.07, 6.45) is 2.13. The fourth-order valence-corrected chi connectivity index (χ4v) is 3.31. The van der Waals surface area contributed by atoms with Gasteiger partial charge in [-0.3, -0.25) is 9.89 Å². The van der Waals surface area contributed by atoms with Gasteiger partial charge in [-0.1, -0.05) is 12.1 Å². The molecule has 0 bridgehead atoms. The summed E-state index contributed by atoms with van der Waals surface area (Å²) in [4.78, 5) is 9.33. The topological polar surface area (TPSA) is 52.1 Å². The highest BCUT2D eigenvalue weighted by atomic mass is 16.5. The Morgan fingerprint density at radius 3 is 2.52 bits per heavy atom. The maximum Gasteiger partial charge on any atom is 0.190 e. The highest BCUT2D eigenvalue weighted by Crippen LogP contribution is 2.17. The van der Waals surface area contributed by atoms with Gasteiger partial charge in [0.2, 0.25) is 0 Å². The van der Waals surface area contributed by atoms with E-state index in [1.165, 1.54) is 11.3 Å². The molecule has 0 aliphatic carbocycles. The SMILES string of the molecule is CCOCCCNC(=NC)NCCCN1CCN(c2cccc(C)c2)CC1. The van der Waals surface area contributed by atoms with Crippen LogP contribution in [-0.4, -0.2) is 76.9 Å². The minimum absolute atomic E-state index is 0.784. The Balaban J connectivity index is 1.56. The van der Waals surface area contributed by atoms with Gasteiger partial charge in [0.05, 0.1) is 0 Å². The van der Waals surface area contributed by atoms with Crippen LogP contribution in [0.15, 0.2) is 29.3 Å². The number of aliphatic imine (C=N–C) groups is 1. The maximum atomic E-state index is 5.35. The molecule has 1 saturated heterocycles. The molecule has 1 fully saturated rings. The van der Waals surface area contributed by atoms with Crippen molar-refractivity contribution >= 4 is 11.6 Å². The fraction of sp³-hybridized carbons (Fsp3) is 0.667. The largest absolute Gasteiger partial charge is 0.382 e. The van der Waals surface area contributed by atoms with Gasteiger partial charge in [0.1, 0.15) is 0 Å². The lowest BCUT2D eigenvalue weighted by Gasteiger charge is -2.36. The molecule has 0 amide bonds. The molecule has 0 atom stereocenters. The third-order valence-corrected chi connectivity index (χ3v) is 4.87. The predicted octanol–water partition coefficient (Wildman–Crippen LogP) is 2.10. The quantitative estimate of drug-likeness (QED) is 0.373. The Hall–Kier alpha value is -1.79. The van der Waals surface area contributed by atoms with E-state index in [1.54, 1.807) is 0 Å². The average molecular weight is 376 g/mol. The zero-order chi connectivity index (χ0) is 19.3. The first-order valence-electron chi connectivity index (χ1n) is 10.3. The van der Waals surface area contributed by atoms with Crippen LogP contribution in [0.2, 0.25) is 0 Å². The highest BCUT2D eigenvalue weighted by molar-refractivity contribution is 5.79. The molecule has 1 heterocycles. The molecule has 1 aliphatic rings. The standard InChI is InChI=1S/C21H37N5O/c1-4-27-17-7-11-24-21(22-3)23-10-6-12-25-13-15-26(16-14-25)20-9-5-8-19(2)18-20/h5,8-9,18H,4,6-7,10-17H2,1-3H3,(H2,22,23,24). The summed E-state index contributed by atoms with van der Waals surface area (Å²) in [6.45, 7) is 13.2.